The van der Waals surface area contributed by atoms with Crippen molar-refractivity contribution in [3.8, 4) is 0 Å². The SMILES string of the molecule is CCCNCCCC(C)N(C)CCc1ccccn1. The van der Waals surface area contributed by atoms with Gasteiger partial charge in [-0.3, -0.25) is 4.98 Å². The maximum Gasteiger partial charge on any atom is 0.0416 e. The molecule has 1 atom stereocenters. The van der Waals surface area contributed by atoms with E-state index in [1.165, 1.54) is 25.0 Å². The molecule has 0 amide bonds. The van der Waals surface area contributed by atoms with Crippen LogP contribution in [0.1, 0.15) is 38.8 Å². The van der Waals surface area contributed by atoms with E-state index in [1.807, 2.05) is 12.3 Å². The standard InChI is InChI=1S/C16H29N3/c1-4-11-17-12-7-8-15(2)19(3)14-10-16-9-5-6-13-18-16/h5-6,9,13,15,17H,4,7-8,10-12,14H2,1-3H3. The summed E-state index contributed by atoms with van der Waals surface area (Å²) in [6.45, 7) is 7.90. The molecule has 0 bridgehead atoms. The van der Waals surface area contributed by atoms with E-state index in [0.29, 0.717) is 6.04 Å². The Morgan fingerprint density at radius 1 is 1.32 bits per heavy atom. The lowest BCUT2D eigenvalue weighted by Gasteiger charge is -2.24. The van der Waals surface area contributed by atoms with E-state index >= 15 is 0 Å². The number of likely N-dealkylation sites (N-methyl/N-ethyl adjacent to an activating group) is 1. The molecular weight excluding hydrogens is 234 g/mol. The predicted molar refractivity (Wildman–Crippen MR) is 82.4 cm³/mol. The highest BCUT2D eigenvalue weighted by Gasteiger charge is 2.08. The molecule has 19 heavy (non-hydrogen) atoms. The number of rotatable bonds is 10. The van der Waals surface area contributed by atoms with Crippen LogP contribution in [0.25, 0.3) is 0 Å². The van der Waals surface area contributed by atoms with Gasteiger partial charge >= 0.3 is 0 Å². The highest BCUT2D eigenvalue weighted by Crippen LogP contribution is 2.05. The second-order valence-electron chi connectivity index (χ2n) is 5.29. The van der Waals surface area contributed by atoms with Crippen LogP contribution in [0.3, 0.4) is 0 Å². The summed E-state index contributed by atoms with van der Waals surface area (Å²) in [6, 6.07) is 6.78. The van der Waals surface area contributed by atoms with E-state index < -0.39 is 0 Å². The molecule has 108 valence electrons. The fourth-order valence-corrected chi connectivity index (χ4v) is 2.10. The van der Waals surface area contributed by atoms with E-state index in [4.69, 9.17) is 0 Å². The molecule has 0 aromatic carbocycles. The molecule has 0 aliphatic heterocycles. The van der Waals surface area contributed by atoms with Crippen molar-refractivity contribution in [2.24, 2.45) is 0 Å². The van der Waals surface area contributed by atoms with E-state index in [0.717, 1.165) is 26.1 Å². The molecule has 1 aromatic rings. The van der Waals surface area contributed by atoms with Crippen molar-refractivity contribution in [3.05, 3.63) is 30.1 Å². The van der Waals surface area contributed by atoms with Crippen LogP contribution in [-0.4, -0.2) is 42.6 Å². The second-order valence-corrected chi connectivity index (χ2v) is 5.29. The van der Waals surface area contributed by atoms with Gasteiger partial charge in [-0.2, -0.15) is 0 Å². The first-order chi connectivity index (χ1) is 9.24. The molecule has 0 radical (unpaired) electrons. The molecule has 0 aliphatic carbocycles. The lowest BCUT2D eigenvalue weighted by Crippen LogP contribution is -2.32. The highest BCUT2D eigenvalue weighted by atomic mass is 15.1. The van der Waals surface area contributed by atoms with Gasteiger partial charge in [0.2, 0.25) is 0 Å². The zero-order valence-electron chi connectivity index (χ0n) is 12.7. The zero-order valence-corrected chi connectivity index (χ0v) is 12.7. The average molecular weight is 263 g/mol. The van der Waals surface area contributed by atoms with Gasteiger partial charge < -0.3 is 10.2 Å². The monoisotopic (exact) mass is 263 g/mol. The number of nitrogens with one attached hydrogen (secondary N) is 1. The average Bonchev–Trinajstić information content (AvgIpc) is 2.45. The molecule has 1 N–H and O–H groups in total. The maximum absolute atomic E-state index is 4.37. The molecule has 1 rings (SSSR count). The van der Waals surface area contributed by atoms with Crippen molar-refractivity contribution in [3.63, 3.8) is 0 Å². The molecule has 3 nitrogen and oxygen atoms in total. The Bertz CT molecular complexity index is 313. The first-order valence-electron chi connectivity index (χ1n) is 7.55. The van der Waals surface area contributed by atoms with E-state index in [2.05, 4.69) is 48.2 Å². The van der Waals surface area contributed by atoms with Crippen molar-refractivity contribution in [2.45, 2.75) is 45.6 Å². The van der Waals surface area contributed by atoms with Crippen LogP contribution in [0.5, 0.6) is 0 Å². The summed E-state index contributed by atoms with van der Waals surface area (Å²) >= 11 is 0. The van der Waals surface area contributed by atoms with Crippen LogP contribution < -0.4 is 5.32 Å². The van der Waals surface area contributed by atoms with Gasteiger partial charge in [-0.15, -0.1) is 0 Å². The van der Waals surface area contributed by atoms with Crippen LogP contribution in [0.15, 0.2) is 24.4 Å². The smallest absolute Gasteiger partial charge is 0.0416 e. The fourth-order valence-electron chi connectivity index (χ4n) is 2.10. The van der Waals surface area contributed by atoms with Crippen molar-refractivity contribution >= 4 is 0 Å². The molecule has 0 aliphatic rings. The molecular formula is C16H29N3. The number of hydrogen-bond donors (Lipinski definition) is 1. The Hall–Kier alpha value is -0.930. The number of aromatic nitrogens is 1. The van der Waals surface area contributed by atoms with Crippen molar-refractivity contribution < 1.29 is 0 Å². The molecule has 3 heteroatoms. The summed E-state index contributed by atoms with van der Waals surface area (Å²) in [5.41, 5.74) is 1.19. The third-order valence-electron chi connectivity index (χ3n) is 3.60. The first kappa shape index (κ1) is 16.1. The Kier molecular flexibility index (Phi) is 8.43. The molecule has 1 unspecified atom stereocenters. The summed E-state index contributed by atoms with van der Waals surface area (Å²) < 4.78 is 0. The van der Waals surface area contributed by atoms with Gasteiger partial charge in [0.15, 0.2) is 0 Å². The lowest BCUT2D eigenvalue weighted by molar-refractivity contribution is 0.244. The Morgan fingerprint density at radius 2 is 2.16 bits per heavy atom. The summed E-state index contributed by atoms with van der Waals surface area (Å²) in [7, 11) is 2.22. The zero-order chi connectivity index (χ0) is 13.9. The molecule has 0 fully saturated rings. The quantitative estimate of drug-likeness (QED) is 0.658. The van der Waals surface area contributed by atoms with Gasteiger partial charge in [-0.1, -0.05) is 13.0 Å². The Balaban J connectivity index is 2.12. The predicted octanol–water partition coefficient (Wildman–Crippen LogP) is 2.72. The van der Waals surface area contributed by atoms with Crippen LogP contribution >= 0.6 is 0 Å². The first-order valence-corrected chi connectivity index (χ1v) is 7.55. The Labute approximate surface area is 118 Å². The van der Waals surface area contributed by atoms with E-state index in [1.54, 1.807) is 0 Å². The third-order valence-corrected chi connectivity index (χ3v) is 3.60. The van der Waals surface area contributed by atoms with Crippen molar-refractivity contribution in [1.29, 1.82) is 0 Å². The topological polar surface area (TPSA) is 28.2 Å². The normalized spacial score (nSPS) is 12.8. The largest absolute Gasteiger partial charge is 0.317 e. The minimum Gasteiger partial charge on any atom is -0.317 e. The fraction of sp³-hybridized carbons (Fsp3) is 0.688. The van der Waals surface area contributed by atoms with Crippen LogP contribution in [-0.2, 0) is 6.42 Å². The highest BCUT2D eigenvalue weighted by molar-refractivity contribution is 5.03. The van der Waals surface area contributed by atoms with E-state index in [9.17, 15) is 0 Å². The number of nitrogens with zero attached hydrogens (tertiary/aromatic N) is 2. The number of pyridine rings is 1. The molecule has 0 spiro atoms. The minimum atomic E-state index is 0.645. The minimum absolute atomic E-state index is 0.645. The van der Waals surface area contributed by atoms with Crippen LogP contribution in [0.2, 0.25) is 0 Å². The van der Waals surface area contributed by atoms with Crippen LogP contribution in [0.4, 0.5) is 0 Å². The van der Waals surface area contributed by atoms with Crippen molar-refractivity contribution in [2.75, 3.05) is 26.7 Å². The van der Waals surface area contributed by atoms with Gasteiger partial charge in [0.1, 0.15) is 0 Å². The van der Waals surface area contributed by atoms with Gasteiger partial charge in [0.25, 0.3) is 0 Å². The molecule has 1 aromatic heterocycles. The summed E-state index contributed by atoms with van der Waals surface area (Å²) in [5, 5.41) is 3.46. The Morgan fingerprint density at radius 3 is 2.84 bits per heavy atom. The van der Waals surface area contributed by atoms with E-state index in [-0.39, 0.29) is 0 Å². The van der Waals surface area contributed by atoms with Crippen LogP contribution in [0, 0.1) is 0 Å². The van der Waals surface area contributed by atoms with Gasteiger partial charge in [0, 0.05) is 30.9 Å². The molecule has 0 saturated carbocycles. The molecule has 1 heterocycles. The molecule has 0 saturated heterocycles. The summed E-state index contributed by atoms with van der Waals surface area (Å²) in [5.74, 6) is 0. The summed E-state index contributed by atoms with van der Waals surface area (Å²) in [6.07, 6.45) is 6.65. The second kappa shape index (κ2) is 9.93. The van der Waals surface area contributed by atoms with Crippen molar-refractivity contribution in [1.82, 2.24) is 15.2 Å². The van der Waals surface area contributed by atoms with Gasteiger partial charge in [-0.05, 0) is 58.5 Å². The van der Waals surface area contributed by atoms with Gasteiger partial charge in [0.05, 0.1) is 0 Å². The number of hydrogen-bond acceptors (Lipinski definition) is 3. The summed E-state index contributed by atoms with van der Waals surface area (Å²) in [4.78, 5) is 6.81. The van der Waals surface area contributed by atoms with Gasteiger partial charge in [-0.25, -0.2) is 0 Å². The maximum atomic E-state index is 4.37. The third kappa shape index (κ3) is 7.28. The lowest BCUT2D eigenvalue weighted by atomic mass is 10.1.